The lowest BCUT2D eigenvalue weighted by Crippen LogP contribution is -1.94. The molecule has 0 N–H and O–H groups in total. The average Bonchev–Trinajstić information content (AvgIpc) is 2.22. The fraction of sp³-hybridized carbons (Fsp3) is 0.111. The number of aromatic nitrogens is 4. The highest BCUT2D eigenvalue weighted by molar-refractivity contribution is 6.30. The van der Waals surface area contributed by atoms with Crippen LogP contribution in [0, 0.1) is 6.92 Å². The summed E-state index contributed by atoms with van der Waals surface area (Å²) in [6, 6.07) is 0. The van der Waals surface area contributed by atoms with Crippen molar-refractivity contribution in [3.05, 3.63) is 34.5 Å². The van der Waals surface area contributed by atoms with E-state index >= 15 is 0 Å². The molecule has 0 aliphatic carbocycles. The molecule has 2 aromatic heterocycles. The number of aryl methyl sites for hydroxylation is 1. The molecule has 0 atom stereocenters. The summed E-state index contributed by atoms with van der Waals surface area (Å²) in [5.41, 5.74) is 1.32. The van der Waals surface area contributed by atoms with E-state index in [-0.39, 0.29) is 0 Å². The van der Waals surface area contributed by atoms with Gasteiger partial charge in [-0.05, 0) is 6.92 Å². The second-order valence-electron chi connectivity index (χ2n) is 2.89. The van der Waals surface area contributed by atoms with Crippen LogP contribution in [0.15, 0.2) is 18.6 Å². The Kier molecular flexibility index (Phi) is 2.79. The van der Waals surface area contributed by atoms with Gasteiger partial charge in [0.05, 0.1) is 12.4 Å². The second-order valence-corrected chi connectivity index (χ2v) is 3.64. The molecule has 0 aliphatic heterocycles. The van der Waals surface area contributed by atoms with Crippen molar-refractivity contribution >= 4 is 23.2 Å². The van der Waals surface area contributed by atoms with Crippen LogP contribution in [0.3, 0.4) is 0 Å². The van der Waals surface area contributed by atoms with Crippen LogP contribution in [-0.2, 0) is 0 Å². The standard InChI is InChI=1S/C9H6Cl2N4/c1-5-2-13-9(15-8(5)11)6-3-12-4-7(10)14-6/h2-4H,1H3. The van der Waals surface area contributed by atoms with Crippen molar-refractivity contribution < 1.29 is 0 Å². The predicted octanol–water partition coefficient (Wildman–Crippen LogP) is 2.55. The highest BCUT2D eigenvalue weighted by Gasteiger charge is 2.06. The number of hydrogen-bond donors (Lipinski definition) is 0. The van der Waals surface area contributed by atoms with E-state index in [9.17, 15) is 0 Å². The zero-order valence-electron chi connectivity index (χ0n) is 7.78. The van der Waals surface area contributed by atoms with Gasteiger partial charge in [-0.25, -0.2) is 15.0 Å². The minimum Gasteiger partial charge on any atom is -0.259 e. The van der Waals surface area contributed by atoms with Gasteiger partial charge in [-0.1, -0.05) is 23.2 Å². The van der Waals surface area contributed by atoms with Gasteiger partial charge in [0.25, 0.3) is 0 Å². The van der Waals surface area contributed by atoms with Gasteiger partial charge in [0.1, 0.15) is 16.0 Å². The Hall–Kier alpha value is -1.26. The summed E-state index contributed by atoms with van der Waals surface area (Å²) in [6.07, 6.45) is 4.61. The summed E-state index contributed by atoms with van der Waals surface area (Å²) >= 11 is 11.6. The highest BCUT2D eigenvalue weighted by atomic mass is 35.5. The number of halogens is 2. The number of nitrogens with zero attached hydrogens (tertiary/aromatic N) is 4. The SMILES string of the molecule is Cc1cnc(-c2cncc(Cl)n2)nc1Cl. The van der Waals surface area contributed by atoms with Crippen molar-refractivity contribution in [1.82, 2.24) is 19.9 Å². The molecule has 2 aromatic rings. The van der Waals surface area contributed by atoms with Gasteiger partial charge in [0, 0.05) is 11.8 Å². The highest BCUT2D eigenvalue weighted by Crippen LogP contribution is 2.17. The Labute approximate surface area is 96.3 Å². The van der Waals surface area contributed by atoms with Crippen LogP contribution >= 0.6 is 23.2 Å². The zero-order chi connectivity index (χ0) is 10.8. The van der Waals surface area contributed by atoms with Gasteiger partial charge in [-0.2, -0.15) is 0 Å². The Morgan fingerprint density at radius 3 is 2.53 bits per heavy atom. The van der Waals surface area contributed by atoms with Crippen LogP contribution in [0.1, 0.15) is 5.56 Å². The molecule has 0 saturated heterocycles. The van der Waals surface area contributed by atoms with Gasteiger partial charge in [0.2, 0.25) is 0 Å². The van der Waals surface area contributed by atoms with Crippen LogP contribution in [0.2, 0.25) is 10.3 Å². The van der Waals surface area contributed by atoms with Crippen LogP contribution in [-0.4, -0.2) is 19.9 Å². The third-order valence-electron chi connectivity index (χ3n) is 1.74. The average molecular weight is 241 g/mol. The molecular formula is C9H6Cl2N4. The molecular weight excluding hydrogens is 235 g/mol. The van der Waals surface area contributed by atoms with Crippen molar-refractivity contribution in [2.75, 3.05) is 0 Å². The molecule has 4 nitrogen and oxygen atoms in total. The molecule has 0 bridgehead atoms. The first kappa shape index (κ1) is 10.3. The third-order valence-corrected chi connectivity index (χ3v) is 2.31. The van der Waals surface area contributed by atoms with Gasteiger partial charge >= 0.3 is 0 Å². The number of rotatable bonds is 1. The lowest BCUT2D eigenvalue weighted by atomic mass is 10.3. The molecule has 76 valence electrons. The fourth-order valence-corrected chi connectivity index (χ4v) is 1.27. The Morgan fingerprint density at radius 2 is 1.87 bits per heavy atom. The lowest BCUT2D eigenvalue weighted by molar-refractivity contribution is 1.09. The topological polar surface area (TPSA) is 51.6 Å². The minimum absolute atomic E-state index is 0.299. The van der Waals surface area contributed by atoms with Crippen LogP contribution in [0.25, 0.3) is 11.5 Å². The number of hydrogen-bond acceptors (Lipinski definition) is 4. The van der Waals surface area contributed by atoms with Gasteiger partial charge < -0.3 is 0 Å². The molecule has 0 radical (unpaired) electrons. The predicted molar refractivity (Wildman–Crippen MR) is 57.8 cm³/mol. The third kappa shape index (κ3) is 2.22. The van der Waals surface area contributed by atoms with E-state index in [0.717, 1.165) is 5.56 Å². The minimum atomic E-state index is 0.299. The summed E-state index contributed by atoms with van der Waals surface area (Å²) in [6.45, 7) is 1.83. The summed E-state index contributed by atoms with van der Waals surface area (Å²) in [5, 5.41) is 0.703. The molecule has 15 heavy (non-hydrogen) atoms. The lowest BCUT2D eigenvalue weighted by Gasteiger charge is -2.00. The maximum Gasteiger partial charge on any atom is 0.181 e. The molecule has 6 heteroatoms. The molecule has 0 amide bonds. The first-order valence-electron chi connectivity index (χ1n) is 4.14. The first-order chi connectivity index (χ1) is 7.16. The maximum atomic E-state index is 5.87. The van der Waals surface area contributed by atoms with Crippen molar-refractivity contribution in [3.8, 4) is 11.5 Å². The van der Waals surface area contributed by atoms with E-state index in [4.69, 9.17) is 23.2 Å². The molecule has 0 spiro atoms. The largest absolute Gasteiger partial charge is 0.259 e. The van der Waals surface area contributed by atoms with Crippen molar-refractivity contribution in [1.29, 1.82) is 0 Å². The molecule has 0 saturated carbocycles. The second kappa shape index (κ2) is 4.08. The monoisotopic (exact) mass is 240 g/mol. The van der Waals surface area contributed by atoms with E-state index in [1.807, 2.05) is 6.92 Å². The van der Waals surface area contributed by atoms with Crippen LogP contribution in [0.4, 0.5) is 0 Å². The summed E-state index contributed by atoms with van der Waals surface area (Å²) in [4.78, 5) is 16.1. The van der Waals surface area contributed by atoms with E-state index in [1.54, 1.807) is 6.20 Å². The fourth-order valence-electron chi connectivity index (χ4n) is 0.995. The molecule has 0 fully saturated rings. The van der Waals surface area contributed by atoms with Gasteiger partial charge in [0.15, 0.2) is 5.82 Å². The van der Waals surface area contributed by atoms with E-state index in [1.165, 1.54) is 12.4 Å². The quantitative estimate of drug-likeness (QED) is 0.720. The maximum absolute atomic E-state index is 5.87. The summed E-state index contributed by atoms with van der Waals surface area (Å²) in [7, 11) is 0. The van der Waals surface area contributed by atoms with E-state index in [2.05, 4.69) is 19.9 Å². The van der Waals surface area contributed by atoms with Crippen LogP contribution in [0.5, 0.6) is 0 Å². The molecule has 0 aliphatic rings. The van der Waals surface area contributed by atoms with E-state index < -0.39 is 0 Å². The Morgan fingerprint density at radius 1 is 1.07 bits per heavy atom. The van der Waals surface area contributed by atoms with Crippen molar-refractivity contribution in [3.63, 3.8) is 0 Å². The summed E-state index contributed by atoms with van der Waals surface area (Å²) < 4.78 is 0. The molecule has 2 heterocycles. The molecule has 0 aromatic carbocycles. The molecule has 2 rings (SSSR count). The van der Waals surface area contributed by atoms with Gasteiger partial charge in [-0.3, -0.25) is 4.98 Å². The first-order valence-corrected chi connectivity index (χ1v) is 4.89. The summed E-state index contributed by atoms with van der Waals surface area (Å²) in [5.74, 6) is 0.417. The normalized spacial score (nSPS) is 10.3. The van der Waals surface area contributed by atoms with Crippen LogP contribution < -0.4 is 0 Å². The zero-order valence-corrected chi connectivity index (χ0v) is 9.29. The Balaban J connectivity index is 2.50. The smallest absolute Gasteiger partial charge is 0.181 e. The van der Waals surface area contributed by atoms with E-state index in [0.29, 0.717) is 21.8 Å². The van der Waals surface area contributed by atoms with Gasteiger partial charge in [-0.15, -0.1) is 0 Å². The Bertz CT molecular complexity index is 501. The molecule has 0 unspecified atom stereocenters. The van der Waals surface area contributed by atoms with Crippen molar-refractivity contribution in [2.45, 2.75) is 6.92 Å². The van der Waals surface area contributed by atoms with Crippen molar-refractivity contribution in [2.24, 2.45) is 0 Å².